The Labute approximate surface area is 147 Å². The van der Waals surface area contributed by atoms with Crippen LogP contribution in [0.25, 0.3) is 0 Å². The first-order valence-corrected chi connectivity index (χ1v) is 8.67. The monoisotopic (exact) mass is 341 g/mol. The van der Waals surface area contributed by atoms with E-state index in [9.17, 15) is 4.79 Å². The summed E-state index contributed by atoms with van der Waals surface area (Å²) in [7, 11) is 1.66. The van der Waals surface area contributed by atoms with Gasteiger partial charge in [-0.25, -0.2) is 10.9 Å². The van der Waals surface area contributed by atoms with Gasteiger partial charge in [0.05, 0.1) is 19.2 Å². The van der Waals surface area contributed by atoms with Crippen molar-refractivity contribution in [1.82, 2.24) is 15.8 Å². The van der Waals surface area contributed by atoms with E-state index in [4.69, 9.17) is 9.15 Å². The maximum Gasteiger partial charge on any atom is 0.241 e. The lowest BCUT2D eigenvalue weighted by Crippen LogP contribution is -2.52. The minimum Gasteiger partial charge on any atom is -0.497 e. The molecule has 0 saturated carbocycles. The standard InChI is InChI=1S/C19H23N3O3/c1-12-6-7-18(25-12)15-11-16(21-20-15)19(23)22-9-8-17(22)13-4-3-5-14(10-13)24-2/h3-7,10,15-17,20-21H,8-9,11H2,1-2H3. The number of hydrogen-bond acceptors (Lipinski definition) is 5. The summed E-state index contributed by atoms with van der Waals surface area (Å²) in [6, 6.07) is 11.8. The molecule has 3 unspecified atom stereocenters. The van der Waals surface area contributed by atoms with Gasteiger partial charge in [0.15, 0.2) is 0 Å². The van der Waals surface area contributed by atoms with Crippen LogP contribution in [0.4, 0.5) is 0 Å². The predicted molar refractivity (Wildman–Crippen MR) is 92.9 cm³/mol. The van der Waals surface area contributed by atoms with Gasteiger partial charge in [-0.3, -0.25) is 4.79 Å². The predicted octanol–water partition coefficient (Wildman–Crippen LogP) is 2.48. The van der Waals surface area contributed by atoms with Crippen molar-refractivity contribution >= 4 is 5.91 Å². The van der Waals surface area contributed by atoms with Gasteiger partial charge >= 0.3 is 0 Å². The Morgan fingerprint density at radius 1 is 1.28 bits per heavy atom. The Balaban J connectivity index is 1.43. The summed E-state index contributed by atoms with van der Waals surface area (Å²) in [4.78, 5) is 14.9. The van der Waals surface area contributed by atoms with Crippen LogP contribution in [0.3, 0.4) is 0 Å². The van der Waals surface area contributed by atoms with E-state index in [0.717, 1.165) is 35.8 Å². The van der Waals surface area contributed by atoms with E-state index >= 15 is 0 Å². The van der Waals surface area contributed by atoms with Gasteiger partial charge in [-0.2, -0.15) is 0 Å². The molecule has 0 aliphatic carbocycles. The lowest BCUT2D eigenvalue weighted by Gasteiger charge is -2.42. The number of carbonyl (C=O) groups is 1. The van der Waals surface area contributed by atoms with Crippen molar-refractivity contribution in [3.8, 4) is 5.75 Å². The lowest BCUT2D eigenvalue weighted by molar-refractivity contribution is -0.141. The molecule has 2 N–H and O–H groups in total. The van der Waals surface area contributed by atoms with E-state index in [-0.39, 0.29) is 24.0 Å². The topological polar surface area (TPSA) is 66.7 Å². The highest BCUT2D eigenvalue weighted by molar-refractivity contribution is 5.83. The van der Waals surface area contributed by atoms with Crippen molar-refractivity contribution in [1.29, 1.82) is 0 Å². The fourth-order valence-electron chi connectivity index (χ4n) is 3.59. The first kappa shape index (κ1) is 16.2. The summed E-state index contributed by atoms with van der Waals surface area (Å²) in [5.41, 5.74) is 7.44. The Morgan fingerprint density at radius 2 is 2.16 bits per heavy atom. The van der Waals surface area contributed by atoms with Crippen LogP contribution >= 0.6 is 0 Å². The maximum atomic E-state index is 12.9. The van der Waals surface area contributed by atoms with Crippen LogP contribution in [0.1, 0.15) is 42.0 Å². The molecule has 3 atom stereocenters. The first-order valence-electron chi connectivity index (χ1n) is 8.67. The van der Waals surface area contributed by atoms with Crippen LogP contribution in [0, 0.1) is 6.92 Å². The van der Waals surface area contributed by atoms with E-state index in [1.807, 2.05) is 42.2 Å². The molecule has 0 spiro atoms. The van der Waals surface area contributed by atoms with Crippen LogP contribution in [0.15, 0.2) is 40.8 Å². The molecule has 4 rings (SSSR count). The molecule has 25 heavy (non-hydrogen) atoms. The number of rotatable bonds is 4. The minimum atomic E-state index is -0.233. The SMILES string of the molecule is COc1cccc(C2CCN2C(=O)C2CC(c3ccc(C)o3)NN2)c1. The molecule has 0 radical (unpaired) electrons. The molecule has 2 aliphatic heterocycles. The second kappa shape index (κ2) is 6.54. The Bertz CT molecular complexity index is 773. The third-order valence-corrected chi connectivity index (χ3v) is 5.09. The number of amides is 1. The highest BCUT2D eigenvalue weighted by Crippen LogP contribution is 2.36. The second-order valence-electron chi connectivity index (χ2n) is 6.69. The number of likely N-dealkylation sites (tertiary alicyclic amines) is 1. The summed E-state index contributed by atoms with van der Waals surface area (Å²) in [6.45, 7) is 2.72. The number of hydrazine groups is 1. The van der Waals surface area contributed by atoms with Gasteiger partial charge < -0.3 is 14.1 Å². The summed E-state index contributed by atoms with van der Waals surface area (Å²) in [5.74, 6) is 2.71. The summed E-state index contributed by atoms with van der Waals surface area (Å²) in [6.07, 6.45) is 1.67. The quantitative estimate of drug-likeness (QED) is 0.894. The largest absolute Gasteiger partial charge is 0.497 e. The number of nitrogens with zero attached hydrogens (tertiary/aromatic N) is 1. The molecule has 6 heteroatoms. The number of hydrogen-bond donors (Lipinski definition) is 2. The number of carbonyl (C=O) groups excluding carboxylic acids is 1. The van der Waals surface area contributed by atoms with Crippen LogP contribution in [0.5, 0.6) is 5.75 Å². The molecule has 2 fully saturated rings. The molecule has 2 saturated heterocycles. The highest BCUT2D eigenvalue weighted by Gasteiger charge is 2.40. The van der Waals surface area contributed by atoms with Gasteiger partial charge in [0, 0.05) is 6.54 Å². The minimum absolute atomic E-state index is 0.0270. The average Bonchev–Trinajstić information content (AvgIpc) is 3.23. The normalized spacial score (nSPS) is 25.7. The summed E-state index contributed by atoms with van der Waals surface area (Å²) >= 11 is 0. The van der Waals surface area contributed by atoms with Crippen LogP contribution in [-0.4, -0.2) is 30.5 Å². The van der Waals surface area contributed by atoms with Crippen molar-refractivity contribution in [2.24, 2.45) is 0 Å². The van der Waals surface area contributed by atoms with Crippen molar-refractivity contribution in [3.63, 3.8) is 0 Å². The fraction of sp³-hybridized carbons (Fsp3) is 0.421. The number of nitrogens with one attached hydrogen (secondary N) is 2. The summed E-state index contributed by atoms with van der Waals surface area (Å²) < 4.78 is 11.0. The molecule has 2 aliphatic rings. The number of benzene rings is 1. The molecule has 6 nitrogen and oxygen atoms in total. The third-order valence-electron chi connectivity index (χ3n) is 5.09. The lowest BCUT2D eigenvalue weighted by atomic mass is 9.93. The molecule has 1 aromatic carbocycles. The van der Waals surface area contributed by atoms with E-state index in [1.165, 1.54) is 0 Å². The van der Waals surface area contributed by atoms with E-state index in [1.54, 1.807) is 7.11 Å². The number of aryl methyl sites for hydroxylation is 1. The average molecular weight is 341 g/mol. The van der Waals surface area contributed by atoms with Crippen molar-refractivity contribution in [2.75, 3.05) is 13.7 Å². The van der Waals surface area contributed by atoms with Gasteiger partial charge in [0.25, 0.3) is 0 Å². The molecule has 132 valence electrons. The van der Waals surface area contributed by atoms with Crippen LogP contribution < -0.4 is 15.6 Å². The Morgan fingerprint density at radius 3 is 2.84 bits per heavy atom. The first-order chi connectivity index (χ1) is 12.2. The molecule has 0 bridgehead atoms. The zero-order valence-electron chi connectivity index (χ0n) is 14.5. The van der Waals surface area contributed by atoms with E-state index in [0.29, 0.717) is 6.42 Å². The van der Waals surface area contributed by atoms with Crippen LogP contribution in [-0.2, 0) is 4.79 Å². The van der Waals surface area contributed by atoms with Crippen LogP contribution in [0.2, 0.25) is 0 Å². The summed E-state index contributed by atoms with van der Waals surface area (Å²) in [5, 5.41) is 0. The molecule has 2 aromatic rings. The zero-order chi connectivity index (χ0) is 17.4. The number of methoxy groups -OCH3 is 1. The zero-order valence-corrected chi connectivity index (χ0v) is 14.5. The molecule has 3 heterocycles. The van der Waals surface area contributed by atoms with Crippen molar-refractivity contribution in [2.45, 2.75) is 37.9 Å². The second-order valence-corrected chi connectivity index (χ2v) is 6.69. The van der Waals surface area contributed by atoms with Gasteiger partial charge in [-0.1, -0.05) is 12.1 Å². The van der Waals surface area contributed by atoms with Gasteiger partial charge in [-0.05, 0) is 49.6 Å². The van der Waals surface area contributed by atoms with Crippen molar-refractivity contribution in [3.05, 3.63) is 53.5 Å². The smallest absolute Gasteiger partial charge is 0.241 e. The molecular formula is C19H23N3O3. The highest BCUT2D eigenvalue weighted by atomic mass is 16.5. The van der Waals surface area contributed by atoms with E-state index in [2.05, 4.69) is 16.9 Å². The van der Waals surface area contributed by atoms with E-state index < -0.39 is 0 Å². The molecule has 1 amide bonds. The van der Waals surface area contributed by atoms with Gasteiger partial charge in [0.1, 0.15) is 23.3 Å². The van der Waals surface area contributed by atoms with Crippen molar-refractivity contribution < 1.29 is 13.9 Å². The number of furan rings is 1. The Hall–Kier alpha value is -2.31. The molecular weight excluding hydrogens is 318 g/mol. The Kier molecular flexibility index (Phi) is 4.23. The fourth-order valence-corrected chi connectivity index (χ4v) is 3.59. The van der Waals surface area contributed by atoms with Gasteiger partial charge in [-0.15, -0.1) is 0 Å². The number of ether oxygens (including phenoxy) is 1. The molecule has 1 aromatic heterocycles. The maximum absolute atomic E-state index is 12.9. The third kappa shape index (κ3) is 3.03. The van der Waals surface area contributed by atoms with Gasteiger partial charge in [0.2, 0.25) is 5.91 Å².